The number of nitrogens with two attached hydrogens (primary N) is 1. The summed E-state index contributed by atoms with van der Waals surface area (Å²) < 4.78 is 0. The van der Waals surface area contributed by atoms with Crippen LogP contribution in [0.1, 0.15) is 33.1 Å². The molecule has 0 aliphatic carbocycles. The zero-order valence-electron chi connectivity index (χ0n) is 11.2. The minimum atomic E-state index is -0.843. The van der Waals surface area contributed by atoms with Crippen LogP contribution >= 0.6 is 11.8 Å². The Hall–Kier alpha value is -0.910. The third kappa shape index (κ3) is 2.91. The first-order chi connectivity index (χ1) is 8.62. The van der Waals surface area contributed by atoms with Gasteiger partial charge >= 0.3 is 0 Å². The molecule has 1 rings (SSSR count). The highest BCUT2D eigenvalue weighted by Gasteiger charge is 2.42. The highest BCUT2D eigenvalue weighted by Crippen LogP contribution is 2.30. The molecule has 0 saturated carbocycles. The number of thioether (sulfide) groups is 1. The van der Waals surface area contributed by atoms with Crippen molar-refractivity contribution in [3.05, 3.63) is 0 Å². The molecule has 1 saturated heterocycles. The van der Waals surface area contributed by atoms with Crippen molar-refractivity contribution in [1.29, 1.82) is 0 Å². The van der Waals surface area contributed by atoms with Gasteiger partial charge in [-0.25, -0.2) is 0 Å². The van der Waals surface area contributed by atoms with E-state index in [2.05, 4.69) is 5.16 Å². The van der Waals surface area contributed by atoms with Crippen LogP contribution in [0.25, 0.3) is 0 Å². The lowest BCUT2D eigenvalue weighted by molar-refractivity contribution is -0.138. The number of hydrogen-bond acceptors (Lipinski definition) is 4. The summed E-state index contributed by atoms with van der Waals surface area (Å²) in [4.78, 5) is 14.5. The Morgan fingerprint density at radius 1 is 1.39 bits per heavy atom. The standard InChI is InChI=1S/C12H23N3O2S/c1-3-12(4-2,10(13)14-17)11(16)15-6-5-8-18-9-7-15/h17H,3-9H2,1-2H3,(H2,13,14). The highest BCUT2D eigenvalue weighted by atomic mass is 32.2. The van der Waals surface area contributed by atoms with Crippen molar-refractivity contribution in [2.75, 3.05) is 24.6 Å². The van der Waals surface area contributed by atoms with E-state index in [1.54, 1.807) is 0 Å². The predicted molar refractivity (Wildman–Crippen MR) is 74.9 cm³/mol. The van der Waals surface area contributed by atoms with E-state index in [4.69, 9.17) is 10.9 Å². The summed E-state index contributed by atoms with van der Waals surface area (Å²) in [5.74, 6) is 2.10. The van der Waals surface area contributed by atoms with Gasteiger partial charge < -0.3 is 15.8 Å². The molecule has 0 aromatic carbocycles. The highest BCUT2D eigenvalue weighted by molar-refractivity contribution is 7.99. The molecule has 0 bridgehead atoms. The van der Waals surface area contributed by atoms with Crippen LogP contribution in [-0.2, 0) is 4.79 Å². The van der Waals surface area contributed by atoms with E-state index >= 15 is 0 Å². The second-order valence-electron chi connectivity index (χ2n) is 4.53. The summed E-state index contributed by atoms with van der Waals surface area (Å²) in [7, 11) is 0. The van der Waals surface area contributed by atoms with Crippen LogP contribution in [0, 0.1) is 5.41 Å². The molecular weight excluding hydrogens is 250 g/mol. The molecule has 0 spiro atoms. The molecule has 1 aliphatic heterocycles. The number of nitrogens with zero attached hydrogens (tertiary/aromatic N) is 2. The molecule has 18 heavy (non-hydrogen) atoms. The van der Waals surface area contributed by atoms with E-state index < -0.39 is 5.41 Å². The summed E-state index contributed by atoms with van der Waals surface area (Å²) in [6.07, 6.45) is 2.12. The summed E-state index contributed by atoms with van der Waals surface area (Å²) in [6.45, 7) is 5.34. The molecule has 1 aliphatic rings. The molecule has 1 heterocycles. The molecule has 0 radical (unpaired) electrons. The average molecular weight is 273 g/mol. The van der Waals surface area contributed by atoms with Gasteiger partial charge in [-0.2, -0.15) is 11.8 Å². The smallest absolute Gasteiger partial charge is 0.236 e. The van der Waals surface area contributed by atoms with Crippen LogP contribution in [0.4, 0.5) is 0 Å². The fraction of sp³-hybridized carbons (Fsp3) is 0.833. The normalized spacial score (nSPS) is 18.6. The molecule has 0 atom stereocenters. The zero-order chi connectivity index (χ0) is 13.6. The number of oxime groups is 1. The second-order valence-corrected chi connectivity index (χ2v) is 5.76. The van der Waals surface area contributed by atoms with Crippen LogP contribution in [0.3, 0.4) is 0 Å². The van der Waals surface area contributed by atoms with Crippen molar-refractivity contribution in [3.63, 3.8) is 0 Å². The number of amides is 1. The number of carbonyl (C=O) groups is 1. The van der Waals surface area contributed by atoms with Crippen molar-refractivity contribution in [1.82, 2.24) is 4.90 Å². The Labute approximate surface area is 113 Å². The van der Waals surface area contributed by atoms with Gasteiger partial charge in [0.2, 0.25) is 5.91 Å². The van der Waals surface area contributed by atoms with Crippen LogP contribution in [-0.4, -0.2) is 46.4 Å². The Morgan fingerprint density at radius 3 is 2.61 bits per heavy atom. The summed E-state index contributed by atoms with van der Waals surface area (Å²) in [5.41, 5.74) is 4.92. The van der Waals surface area contributed by atoms with E-state index in [0.717, 1.165) is 31.0 Å². The monoisotopic (exact) mass is 273 g/mol. The quantitative estimate of drug-likeness (QED) is 0.352. The van der Waals surface area contributed by atoms with E-state index in [9.17, 15) is 4.79 Å². The summed E-state index contributed by atoms with van der Waals surface area (Å²) in [5, 5.41) is 12.0. The second kappa shape index (κ2) is 6.87. The zero-order valence-corrected chi connectivity index (χ0v) is 12.0. The molecule has 104 valence electrons. The van der Waals surface area contributed by atoms with Gasteiger partial charge in [-0.3, -0.25) is 4.79 Å². The molecule has 1 fully saturated rings. The minimum Gasteiger partial charge on any atom is -0.409 e. The largest absolute Gasteiger partial charge is 0.409 e. The molecular formula is C12H23N3O2S. The lowest BCUT2D eigenvalue weighted by Crippen LogP contribution is -2.51. The molecule has 6 heteroatoms. The van der Waals surface area contributed by atoms with Gasteiger partial charge in [-0.05, 0) is 25.0 Å². The maximum Gasteiger partial charge on any atom is 0.236 e. The maximum atomic E-state index is 12.7. The van der Waals surface area contributed by atoms with E-state index in [-0.39, 0.29) is 11.7 Å². The summed E-state index contributed by atoms with van der Waals surface area (Å²) >= 11 is 1.87. The lowest BCUT2D eigenvalue weighted by atomic mass is 9.79. The van der Waals surface area contributed by atoms with Gasteiger partial charge in [0.25, 0.3) is 0 Å². The minimum absolute atomic E-state index is 0.00491. The van der Waals surface area contributed by atoms with Crippen LogP contribution in [0.5, 0.6) is 0 Å². The molecule has 0 aromatic heterocycles. The van der Waals surface area contributed by atoms with Gasteiger partial charge in [0, 0.05) is 18.8 Å². The molecule has 0 unspecified atom stereocenters. The number of hydrogen-bond donors (Lipinski definition) is 2. The third-order valence-electron chi connectivity index (χ3n) is 3.72. The van der Waals surface area contributed by atoms with Crippen molar-refractivity contribution in [2.45, 2.75) is 33.1 Å². The molecule has 3 N–H and O–H groups in total. The Bertz CT molecular complexity index is 308. The maximum absolute atomic E-state index is 12.7. The molecule has 1 amide bonds. The SMILES string of the molecule is CCC(CC)(C(=O)N1CCCSCC1)C(N)=NO. The predicted octanol–water partition coefficient (Wildman–Crippen LogP) is 1.50. The van der Waals surface area contributed by atoms with Crippen molar-refractivity contribution in [2.24, 2.45) is 16.3 Å². The summed E-state index contributed by atoms with van der Waals surface area (Å²) in [6, 6.07) is 0. The molecule has 0 aromatic rings. The third-order valence-corrected chi connectivity index (χ3v) is 4.77. The van der Waals surface area contributed by atoms with E-state index in [0.29, 0.717) is 12.8 Å². The van der Waals surface area contributed by atoms with Gasteiger partial charge in [0.1, 0.15) is 5.41 Å². The van der Waals surface area contributed by atoms with Crippen molar-refractivity contribution < 1.29 is 10.0 Å². The average Bonchev–Trinajstić information content (AvgIpc) is 2.69. The van der Waals surface area contributed by atoms with Gasteiger partial charge in [-0.1, -0.05) is 19.0 Å². The first kappa shape index (κ1) is 15.1. The van der Waals surface area contributed by atoms with Crippen molar-refractivity contribution in [3.8, 4) is 0 Å². The van der Waals surface area contributed by atoms with E-state index in [1.807, 2.05) is 30.5 Å². The number of rotatable bonds is 4. The van der Waals surface area contributed by atoms with Gasteiger partial charge in [0.15, 0.2) is 5.84 Å². The number of carbonyl (C=O) groups excluding carboxylic acids is 1. The first-order valence-corrected chi connectivity index (χ1v) is 7.63. The van der Waals surface area contributed by atoms with E-state index in [1.165, 1.54) is 0 Å². The van der Waals surface area contributed by atoms with Gasteiger partial charge in [0.05, 0.1) is 0 Å². The first-order valence-electron chi connectivity index (χ1n) is 6.47. The fourth-order valence-electron chi connectivity index (χ4n) is 2.37. The van der Waals surface area contributed by atoms with Gasteiger partial charge in [-0.15, -0.1) is 0 Å². The van der Waals surface area contributed by atoms with Crippen LogP contribution < -0.4 is 5.73 Å². The Morgan fingerprint density at radius 2 is 2.06 bits per heavy atom. The fourth-order valence-corrected chi connectivity index (χ4v) is 3.26. The van der Waals surface area contributed by atoms with Crippen LogP contribution in [0.2, 0.25) is 0 Å². The van der Waals surface area contributed by atoms with Crippen LogP contribution in [0.15, 0.2) is 5.16 Å². The lowest BCUT2D eigenvalue weighted by Gasteiger charge is -2.34. The topological polar surface area (TPSA) is 78.9 Å². The Balaban J connectivity index is 2.94. The Kier molecular flexibility index (Phi) is 5.78. The van der Waals surface area contributed by atoms with Crippen molar-refractivity contribution >= 4 is 23.5 Å². The molecule has 5 nitrogen and oxygen atoms in total. The number of amidine groups is 1.